The molecule has 0 radical (unpaired) electrons. The summed E-state index contributed by atoms with van der Waals surface area (Å²) in [5, 5.41) is 0.792. The molecule has 1 saturated carbocycles. The first-order valence-electron chi connectivity index (χ1n) is 7.64. The second kappa shape index (κ2) is 5.44. The van der Waals surface area contributed by atoms with Crippen molar-refractivity contribution >= 4 is 17.2 Å². The van der Waals surface area contributed by atoms with Gasteiger partial charge in [-0.2, -0.15) is 0 Å². The highest BCUT2D eigenvalue weighted by Crippen LogP contribution is 2.38. The van der Waals surface area contributed by atoms with Gasteiger partial charge in [-0.05, 0) is 36.8 Å². The molecule has 5 nitrogen and oxygen atoms in total. The summed E-state index contributed by atoms with van der Waals surface area (Å²) >= 11 is 1.41. The summed E-state index contributed by atoms with van der Waals surface area (Å²) in [5.74, 6) is 1.15. The molecule has 2 N–H and O–H groups in total. The van der Waals surface area contributed by atoms with Gasteiger partial charge in [0.15, 0.2) is 0 Å². The molecule has 2 fully saturated rings. The van der Waals surface area contributed by atoms with E-state index in [1.54, 1.807) is 12.4 Å². The van der Waals surface area contributed by atoms with E-state index in [0.717, 1.165) is 36.6 Å². The minimum absolute atomic E-state index is 0.0845. The molecule has 2 aromatic rings. The lowest BCUT2D eigenvalue weighted by Gasteiger charge is -2.17. The second-order valence-electron chi connectivity index (χ2n) is 6.12. The van der Waals surface area contributed by atoms with E-state index < -0.39 is 0 Å². The molecule has 114 valence electrons. The number of nitrogens with two attached hydrogens (primary N) is 1. The van der Waals surface area contributed by atoms with Gasteiger partial charge in [-0.15, -0.1) is 11.3 Å². The number of hydrogen-bond donors (Lipinski definition) is 1. The van der Waals surface area contributed by atoms with E-state index in [1.807, 2.05) is 23.1 Å². The number of amides is 1. The molecule has 1 amide bonds. The number of thiazole rings is 1. The molecule has 4 rings (SSSR count). The molecule has 1 aliphatic carbocycles. The number of fused-ring (bicyclic) bond motifs is 1. The summed E-state index contributed by atoms with van der Waals surface area (Å²) in [5.41, 5.74) is 6.96. The fraction of sp³-hybridized carbons (Fsp3) is 0.438. The van der Waals surface area contributed by atoms with Crippen LogP contribution in [0.4, 0.5) is 0 Å². The zero-order valence-electron chi connectivity index (χ0n) is 12.2. The molecule has 2 aliphatic rings. The van der Waals surface area contributed by atoms with Gasteiger partial charge in [-0.25, -0.2) is 4.98 Å². The molecule has 0 aromatic carbocycles. The van der Waals surface area contributed by atoms with E-state index in [-0.39, 0.29) is 11.9 Å². The maximum atomic E-state index is 12.7. The average Bonchev–Trinajstić information content (AvgIpc) is 3.25. The molecular weight excluding hydrogens is 296 g/mol. The Bertz CT molecular complexity index is 686. The highest BCUT2D eigenvalue weighted by atomic mass is 32.1. The van der Waals surface area contributed by atoms with Gasteiger partial charge in [0.05, 0.1) is 11.9 Å². The first-order chi connectivity index (χ1) is 10.7. The maximum absolute atomic E-state index is 12.7. The zero-order valence-corrected chi connectivity index (χ0v) is 13.0. The van der Waals surface area contributed by atoms with Gasteiger partial charge in [0, 0.05) is 25.3 Å². The molecule has 0 bridgehead atoms. The third kappa shape index (κ3) is 2.32. The van der Waals surface area contributed by atoms with E-state index in [2.05, 4.69) is 9.97 Å². The number of likely N-dealkylation sites (tertiary alicyclic amines) is 1. The van der Waals surface area contributed by atoms with Crippen LogP contribution in [0.15, 0.2) is 30.6 Å². The van der Waals surface area contributed by atoms with E-state index in [0.29, 0.717) is 16.7 Å². The Labute approximate surface area is 133 Å². The highest BCUT2D eigenvalue weighted by Gasteiger charge is 2.42. The van der Waals surface area contributed by atoms with Crippen molar-refractivity contribution in [1.82, 2.24) is 14.9 Å². The molecule has 3 unspecified atom stereocenters. The predicted molar refractivity (Wildman–Crippen MR) is 85.4 cm³/mol. The Morgan fingerprint density at radius 1 is 1.27 bits per heavy atom. The Morgan fingerprint density at radius 2 is 2.18 bits per heavy atom. The quantitative estimate of drug-likeness (QED) is 0.920. The lowest BCUT2D eigenvalue weighted by Crippen LogP contribution is -2.33. The van der Waals surface area contributed by atoms with Crippen molar-refractivity contribution in [2.75, 3.05) is 13.1 Å². The average molecular weight is 314 g/mol. The molecule has 6 heteroatoms. The summed E-state index contributed by atoms with van der Waals surface area (Å²) < 4.78 is 0. The zero-order chi connectivity index (χ0) is 15.1. The number of nitrogens with zero attached hydrogens (tertiary/aromatic N) is 3. The number of carbonyl (C=O) groups is 1. The number of rotatable bonds is 2. The molecule has 3 heterocycles. The van der Waals surface area contributed by atoms with E-state index >= 15 is 0 Å². The Hall–Kier alpha value is -1.79. The number of carbonyl (C=O) groups excluding carboxylic acids is 1. The highest BCUT2D eigenvalue weighted by molar-refractivity contribution is 7.16. The van der Waals surface area contributed by atoms with Crippen LogP contribution in [0.25, 0.3) is 10.7 Å². The monoisotopic (exact) mass is 314 g/mol. The number of aromatic nitrogens is 2. The van der Waals surface area contributed by atoms with Crippen LogP contribution in [0.3, 0.4) is 0 Å². The van der Waals surface area contributed by atoms with Gasteiger partial charge < -0.3 is 10.6 Å². The second-order valence-corrected chi connectivity index (χ2v) is 7.15. The minimum Gasteiger partial charge on any atom is -0.337 e. The summed E-state index contributed by atoms with van der Waals surface area (Å²) in [4.78, 5) is 23.9. The summed E-state index contributed by atoms with van der Waals surface area (Å²) in [7, 11) is 0. The first kappa shape index (κ1) is 13.8. The Morgan fingerprint density at radius 3 is 2.95 bits per heavy atom. The molecule has 1 saturated heterocycles. The van der Waals surface area contributed by atoms with Crippen molar-refractivity contribution in [3.05, 3.63) is 35.5 Å². The Kier molecular flexibility index (Phi) is 3.43. The predicted octanol–water partition coefficient (Wildman–Crippen LogP) is 2.01. The van der Waals surface area contributed by atoms with Gasteiger partial charge in [0.25, 0.3) is 5.91 Å². The van der Waals surface area contributed by atoms with Gasteiger partial charge in [0.1, 0.15) is 9.88 Å². The SMILES string of the molecule is NC1CCC2CN(C(=O)c3cnc(-c4ccccn4)s3)CC12. The van der Waals surface area contributed by atoms with Crippen molar-refractivity contribution in [2.24, 2.45) is 17.6 Å². The lowest BCUT2D eigenvalue weighted by molar-refractivity contribution is 0.0784. The van der Waals surface area contributed by atoms with Crippen molar-refractivity contribution in [3.63, 3.8) is 0 Å². The van der Waals surface area contributed by atoms with Gasteiger partial charge in [-0.3, -0.25) is 9.78 Å². The summed E-state index contributed by atoms with van der Waals surface area (Å²) in [6.07, 6.45) is 5.66. The van der Waals surface area contributed by atoms with E-state index in [4.69, 9.17) is 5.73 Å². The van der Waals surface area contributed by atoms with Gasteiger partial charge in [-0.1, -0.05) is 6.07 Å². The maximum Gasteiger partial charge on any atom is 0.265 e. The lowest BCUT2D eigenvalue weighted by atomic mass is 9.98. The number of hydrogen-bond acceptors (Lipinski definition) is 5. The van der Waals surface area contributed by atoms with E-state index in [9.17, 15) is 4.79 Å². The van der Waals surface area contributed by atoms with Crippen molar-refractivity contribution in [1.29, 1.82) is 0 Å². The van der Waals surface area contributed by atoms with Gasteiger partial charge >= 0.3 is 0 Å². The van der Waals surface area contributed by atoms with Crippen LogP contribution >= 0.6 is 11.3 Å². The molecule has 0 spiro atoms. The fourth-order valence-corrected chi connectivity index (χ4v) is 4.47. The first-order valence-corrected chi connectivity index (χ1v) is 8.46. The fourth-order valence-electron chi connectivity index (χ4n) is 3.61. The largest absolute Gasteiger partial charge is 0.337 e. The molecule has 22 heavy (non-hydrogen) atoms. The van der Waals surface area contributed by atoms with Gasteiger partial charge in [0.2, 0.25) is 0 Å². The normalized spacial score (nSPS) is 27.1. The van der Waals surface area contributed by atoms with Crippen LogP contribution in [0.5, 0.6) is 0 Å². The van der Waals surface area contributed by atoms with Crippen LogP contribution in [-0.4, -0.2) is 39.9 Å². The molecule has 1 aliphatic heterocycles. The van der Waals surface area contributed by atoms with Crippen LogP contribution < -0.4 is 5.73 Å². The van der Waals surface area contributed by atoms with Crippen LogP contribution in [0.1, 0.15) is 22.5 Å². The minimum atomic E-state index is 0.0845. The molecular formula is C16H18N4OS. The smallest absolute Gasteiger partial charge is 0.265 e. The third-order valence-corrected chi connectivity index (χ3v) is 5.81. The molecule has 3 atom stereocenters. The topological polar surface area (TPSA) is 72.1 Å². The van der Waals surface area contributed by atoms with Crippen LogP contribution in [0.2, 0.25) is 0 Å². The standard InChI is InChI=1S/C16H18N4OS/c17-12-5-4-10-8-20(9-11(10)12)16(21)14-7-19-15(22-14)13-3-1-2-6-18-13/h1-3,6-7,10-12H,4-5,8-9,17H2. The van der Waals surface area contributed by atoms with E-state index in [1.165, 1.54) is 11.3 Å². The summed E-state index contributed by atoms with van der Waals surface area (Å²) in [6, 6.07) is 5.96. The summed E-state index contributed by atoms with van der Waals surface area (Å²) in [6.45, 7) is 1.63. The Balaban J connectivity index is 1.51. The molecule has 2 aromatic heterocycles. The third-order valence-electron chi connectivity index (χ3n) is 4.80. The number of pyridine rings is 1. The van der Waals surface area contributed by atoms with Crippen molar-refractivity contribution < 1.29 is 4.79 Å². The van der Waals surface area contributed by atoms with Crippen molar-refractivity contribution in [3.8, 4) is 10.7 Å². The van der Waals surface area contributed by atoms with Crippen LogP contribution in [0, 0.1) is 11.8 Å². The van der Waals surface area contributed by atoms with Crippen LogP contribution in [-0.2, 0) is 0 Å². The van der Waals surface area contributed by atoms with Crippen molar-refractivity contribution in [2.45, 2.75) is 18.9 Å².